The lowest BCUT2D eigenvalue weighted by molar-refractivity contribution is 0.255. The predicted octanol–water partition coefficient (Wildman–Crippen LogP) is 4.17. The molecule has 21 heavy (non-hydrogen) atoms. The van der Waals surface area contributed by atoms with Gasteiger partial charge in [0.25, 0.3) is 0 Å². The Kier molecular flexibility index (Phi) is 11.2. The second kappa shape index (κ2) is 12.9. The standard InChI is InChI=1S/C18H34N2O/c1-2-3-4-5-6-7-8-9-10-11-12-13-18-19-14-15-20(18)16-17-21/h7-8,21H,2-6,9-17H2,1H3/b8-7+. The number of hydrogen-bond acceptors (Lipinski definition) is 3. The van der Waals surface area contributed by atoms with Gasteiger partial charge in [-0.3, -0.25) is 4.99 Å². The molecule has 0 aromatic carbocycles. The van der Waals surface area contributed by atoms with Crippen LogP contribution in [0, 0.1) is 0 Å². The van der Waals surface area contributed by atoms with E-state index in [4.69, 9.17) is 5.11 Å². The van der Waals surface area contributed by atoms with Gasteiger partial charge in [0.15, 0.2) is 0 Å². The molecular formula is C18H34N2O. The number of nitrogens with zero attached hydrogens (tertiary/aromatic N) is 2. The number of aliphatic imine (C=N–C) groups is 1. The van der Waals surface area contributed by atoms with E-state index in [9.17, 15) is 0 Å². The van der Waals surface area contributed by atoms with Crippen LogP contribution in [-0.2, 0) is 0 Å². The van der Waals surface area contributed by atoms with Gasteiger partial charge in [-0.05, 0) is 32.1 Å². The number of allylic oxidation sites excluding steroid dienone is 2. The van der Waals surface area contributed by atoms with E-state index in [1.54, 1.807) is 0 Å². The van der Waals surface area contributed by atoms with Gasteiger partial charge in [0.1, 0.15) is 0 Å². The highest BCUT2D eigenvalue weighted by Gasteiger charge is 2.14. The predicted molar refractivity (Wildman–Crippen MR) is 91.9 cm³/mol. The SMILES string of the molecule is CCCCCC/C=C/CCCCCC1=NCCN1CCO. The molecule has 0 aromatic rings. The molecule has 0 spiro atoms. The minimum atomic E-state index is 0.238. The molecule has 0 saturated carbocycles. The molecule has 0 radical (unpaired) electrons. The van der Waals surface area contributed by atoms with E-state index in [0.717, 1.165) is 26.1 Å². The van der Waals surface area contributed by atoms with E-state index in [-0.39, 0.29) is 6.61 Å². The molecule has 3 nitrogen and oxygen atoms in total. The third-order valence-corrected chi connectivity index (χ3v) is 4.06. The average molecular weight is 294 g/mol. The molecule has 0 fully saturated rings. The maximum atomic E-state index is 9.00. The number of amidine groups is 1. The van der Waals surface area contributed by atoms with Crippen LogP contribution in [0.15, 0.2) is 17.1 Å². The van der Waals surface area contributed by atoms with Crippen LogP contribution in [0.2, 0.25) is 0 Å². The number of aliphatic hydroxyl groups is 1. The first-order valence-corrected chi connectivity index (χ1v) is 8.92. The van der Waals surface area contributed by atoms with Crippen molar-refractivity contribution in [3.63, 3.8) is 0 Å². The van der Waals surface area contributed by atoms with Crippen molar-refractivity contribution in [1.29, 1.82) is 0 Å². The summed E-state index contributed by atoms with van der Waals surface area (Å²) in [6, 6.07) is 0. The highest BCUT2D eigenvalue weighted by Crippen LogP contribution is 2.11. The van der Waals surface area contributed by atoms with Gasteiger partial charge in [0, 0.05) is 19.5 Å². The number of unbranched alkanes of at least 4 members (excludes halogenated alkanes) is 7. The van der Waals surface area contributed by atoms with Crippen LogP contribution in [0.3, 0.4) is 0 Å². The number of hydrogen-bond donors (Lipinski definition) is 1. The Bertz CT molecular complexity index is 300. The molecule has 0 bridgehead atoms. The molecule has 122 valence electrons. The van der Waals surface area contributed by atoms with Crippen LogP contribution in [0.5, 0.6) is 0 Å². The highest BCUT2D eigenvalue weighted by atomic mass is 16.3. The first kappa shape index (κ1) is 18.2. The van der Waals surface area contributed by atoms with Gasteiger partial charge in [-0.1, -0.05) is 44.8 Å². The lowest BCUT2D eigenvalue weighted by Crippen LogP contribution is -2.30. The molecule has 1 aliphatic heterocycles. The zero-order valence-electron chi connectivity index (χ0n) is 13.9. The topological polar surface area (TPSA) is 35.8 Å². The van der Waals surface area contributed by atoms with Crippen molar-refractivity contribution in [2.24, 2.45) is 4.99 Å². The highest BCUT2D eigenvalue weighted by molar-refractivity contribution is 5.83. The fourth-order valence-corrected chi connectivity index (χ4v) is 2.77. The molecule has 1 aliphatic rings. The Labute approximate surface area is 131 Å². The average Bonchev–Trinajstić information content (AvgIpc) is 2.92. The van der Waals surface area contributed by atoms with Crippen molar-refractivity contribution in [2.75, 3.05) is 26.2 Å². The summed E-state index contributed by atoms with van der Waals surface area (Å²) in [6.07, 6.45) is 17.5. The second-order valence-electron chi connectivity index (χ2n) is 5.93. The summed E-state index contributed by atoms with van der Waals surface area (Å²) in [6.45, 7) is 5.16. The molecule has 1 rings (SSSR count). The summed E-state index contributed by atoms with van der Waals surface area (Å²) in [7, 11) is 0. The summed E-state index contributed by atoms with van der Waals surface area (Å²) < 4.78 is 0. The molecule has 0 atom stereocenters. The van der Waals surface area contributed by atoms with Gasteiger partial charge in [-0.25, -0.2) is 0 Å². The zero-order chi connectivity index (χ0) is 15.2. The van der Waals surface area contributed by atoms with E-state index >= 15 is 0 Å². The maximum Gasteiger partial charge on any atom is 0.0991 e. The van der Waals surface area contributed by atoms with Crippen molar-refractivity contribution in [1.82, 2.24) is 4.90 Å². The Morgan fingerprint density at radius 2 is 1.76 bits per heavy atom. The Hall–Kier alpha value is -0.830. The second-order valence-corrected chi connectivity index (χ2v) is 5.93. The zero-order valence-corrected chi connectivity index (χ0v) is 13.9. The molecule has 0 amide bonds. The minimum Gasteiger partial charge on any atom is -0.395 e. The molecule has 1 N–H and O–H groups in total. The van der Waals surface area contributed by atoms with Gasteiger partial charge in [-0.15, -0.1) is 0 Å². The lowest BCUT2D eigenvalue weighted by atomic mass is 10.1. The summed E-state index contributed by atoms with van der Waals surface area (Å²) in [5, 5.41) is 9.00. The first-order chi connectivity index (χ1) is 10.4. The fourth-order valence-electron chi connectivity index (χ4n) is 2.77. The van der Waals surface area contributed by atoms with E-state index in [1.807, 2.05) is 0 Å². The van der Waals surface area contributed by atoms with E-state index in [1.165, 1.54) is 63.6 Å². The molecule has 1 heterocycles. The number of aliphatic hydroxyl groups excluding tert-OH is 1. The fraction of sp³-hybridized carbons (Fsp3) is 0.833. The van der Waals surface area contributed by atoms with Crippen molar-refractivity contribution < 1.29 is 5.11 Å². The Morgan fingerprint density at radius 1 is 1.05 bits per heavy atom. The first-order valence-electron chi connectivity index (χ1n) is 8.92. The Morgan fingerprint density at radius 3 is 2.43 bits per heavy atom. The molecular weight excluding hydrogens is 260 g/mol. The quantitative estimate of drug-likeness (QED) is 0.409. The monoisotopic (exact) mass is 294 g/mol. The van der Waals surface area contributed by atoms with Crippen molar-refractivity contribution >= 4 is 5.84 Å². The van der Waals surface area contributed by atoms with Crippen LogP contribution in [-0.4, -0.2) is 42.1 Å². The van der Waals surface area contributed by atoms with Crippen molar-refractivity contribution in [3.05, 3.63) is 12.2 Å². The Balaban J connectivity index is 1.91. The van der Waals surface area contributed by atoms with Crippen LogP contribution < -0.4 is 0 Å². The van der Waals surface area contributed by atoms with Crippen molar-refractivity contribution in [2.45, 2.75) is 71.1 Å². The molecule has 3 heteroatoms. The molecule has 0 aromatic heterocycles. The van der Waals surface area contributed by atoms with Gasteiger partial charge in [-0.2, -0.15) is 0 Å². The van der Waals surface area contributed by atoms with Gasteiger partial charge >= 0.3 is 0 Å². The van der Waals surface area contributed by atoms with Crippen LogP contribution in [0.4, 0.5) is 0 Å². The molecule has 0 aliphatic carbocycles. The van der Waals surface area contributed by atoms with Gasteiger partial charge < -0.3 is 10.0 Å². The number of rotatable bonds is 13. The van der Waals surface area contributed by atoms with Crippen molar-refractivity contribution in [3.8, 4) is 0 Å². The van der Waals surface area contributed by atoms with Crippen LogP contribution in [0.1, 0.15) is 71.1 Å². The normalized spacial score (nSPS) is 15.1. The number of β-amino-alcohol motifs (C(OH)–C–C–N with tert-alkyl or cyclic N) is 1. The van der Waals surface area contributed by atoms with Crippen LogP contribution in [0.25, 0.3) is 0 Å². The summed E-state index contributed by atoms with van der Waals surface area (Å²) in [5.74, 6) is 1.22. The lowest BCUT2D eigenvalue weighted by Gasteiger charge is -2.18. The largest absolute Gasteiger partial charge is 0.395 e. The van der Waals surface area contributed by atoms with E-state index < -0.39 is 0 Å². The summed E-state index contributed by atoms with van der Waals surface area (Å²) >= 11 is 0. The third-order valence-electron chi connectivity index (χ3n) is 4.06. The maximum absolute atomic E-state index is 9.00. The summed E-state index contributed by atoms with van der Waals surface area (Å²) in [5.41, 5.74) is 0. The summed E-state index contributed by atoms with van der Waals surface area (Å²) in [4.78, 5) is 6.77. The molecule has 0 unspecified atom stereocenters. The van der Waals surface area contributed by atoms with E-state index in [0.29, 0.717) is 0 Å². The third kappa shape index (κ3) is 8.92. The smallest absolute Gasteiger partial charge is 0.0991 e. The van der Waals surface area contributed by atoms with Gasteiger partial charge in [0.2, 0.25) is 0 Å². The minimum absolute atomic E-state index is 0.238. The van der Waals surface area contributed by atoms with Gasteiger partial charge in [0.05, 0.1) is 19.0 Å². The van der Waals surface area contributed by atoms with E-state index in [2.05, 4.69) is 29.0 Å². The van der Waals surface area contributed by atoms with Crippen LogP contribution >= 0.6 is 0 Å². The molecule has 0 saturated heterocycles.